The Morgan fingerprint density at radius 3 is 2.73 bits per heavy atom. The van der Waals surface area contributed by atoms with Crippen molar-refractivity contribution in [3.8, 4) is 0 Å². The van der Waals surface area contributed by atoms with Crippen molar-refractivity contribution >= 4 is 11.7 Å². The summed E-state index contributed by atoms with van der Waals surface area (Å²) in [6.07, 6.45) is 0. The Kier molecular flexibility index (Phi) is 5.31. The number of aromatic nitrogens is 2. The van der Waals surface area contributed by atoms with E-state index in [1.165, 1.54) is 6.92 Å². The molecular weight excluding hydrogens is 286 g/mol. The van der Waals surface area contributed by atoms with Crippen molar-refractivity contribution in [3.05, 3.63) is 17.0 Å². The van der Waals surface area contributed by atoms with Crippen LogP contribution in [0.3, 0.4) is 0 Å². The maximum Gasteiger partial charge on any atom is 0.244 e. The summed E-state index contributed by atoms with van der Waals surface area (Å²) in [5.74, 6) is -0.179. The van der Waals surface area contributed by atoms with Gasteiger partial charge in [0.1, 0.15) is 6.54 Å². The minimum absolute atomic E-state index is 0.00182. The van der Waals surface area contributed by atoms with Crippen molar-refractivity contribution in [2.75, 3.05) is 32.9 Å². The molecule has 1 aliphatic rings. The zero-order valence-corrected chi connectivity index (χ0v) is 13.3. The standard InChI is InChI=1S/C15H23N3O4/c1-10-15(12(3)20)11(2)18(16-10)7-14(21)17-4-5-22-9-13(6-17)8-19/h13,19H,4-9H2,1-3H3. The average Bonchev–Trinajstić information content (AvgIpc) is 2.66. The molecule has 1 aromatic heterocycles. The number of amides is 1. The van der Waals surface area contributed by atoms with E-state index in [1.807, 2.05) is 0 Å². The number of hydrogen-bond donors (Lipinski definition) is 1. The third-order valence-electron chi connectivity index (χ3n) is 3.97. The molecule has 1 saturated heterocycles. The first-order valence-electron chi connectivity index (χ1n) is 7.45. The van der Waals surface area contributed by atoms with Gasteiger partial charge < -0.3 is 14.7 Å². The van der Waals surface area contributed by atoms with Gasteiger partial charge >= 0.3 is 0 Å². The summed E-state index contributed by atoms with van der Waals surface area (Å²) >= 11 is 0. The molecule has 1 fully saturated rings. The molecule has 0 spiro atoms. The second-order valence-corrected chi connectivity index (χ2v) is 5.72. The van der Waals surface area contributed by atoms with Crippen LogP contribution in [0.4, 0.5) is 0 Å². The predicted octanol–water partition coefficient (Wildman–Crippen LogP) is 0.170. The molecule has 1 unspecified atom stereocenters. The first kappa shape index (κ1) is 16.6. The van der Waals surface area contributed by atoms with Crippen LogP contribution in [0, 0.1) is 19.8 Å². The number of carbonyl (C=O) groups is 2. The molecule has 0 aromatic carbocycles. The third-order valence-corrected chi connectivity index (χ3v) is 3.97. The molecule has 2 rings (SSSR count). The Morgan fingerprint density at radius 1 is 1.41 bits per heavy atom. The predicted molar refractivity (Wildman–Crippen MR) is 79.7 cm³/mol. The van der Waals surface area contributed by atoms with E-state index >= 15 is 0 Å². The number of ether oxygens (including phenoxy) is 1. The minimum atomic E-state index is -0.0790. The molecule has 0 aliphatic carbocycles. The van der Waals surface area contributed by atoms with Crippen molar-refractivity contribution in [1.29, 1.82) is 0 Å². The summed E-state index contributed by atoms with van der Waals surface area (Å²) in [5.41, 5.74) is 1.94. The normalized spacial score (nSPS) is 19.1. The van der Waals surface area contributed by atoms with Crippen LogP contribution >= 0.6 is 0 Å². The van der Waals surface area contributed by atoms with Gasteiger partial charge in [0, 0.05) is 31.3 Å². The number of aryl methyl sites for hydroxylation is 1. The van der Waals surface area contributed by atoms with E-state index < -0.39 is 0 Å². The molecular formula is C15H23N3O4. The summed E-state index contributed by atoms with van der Waals surface area (Å²) < 4.78 is 6.96. The summed E-state index contributed by atoms with van der Waals surface area (Å²) in [5, 5.41) is 13.6. The van der Waals surface area contributed by atoms with Crippen LogP contribution in [0.15, 0.2) is 0 Å². The topological polar surface area (TPSA) is 84.7 Å². The Balaban J connectivity index is 2.11. The molecule has 1 atom stereocenters. The first-order chi connectivity index (χ1) is 10.4. The second kappa shape index (κ2) is 7.02. The molecule has 22 heavy (non-hydrogen) atoms. The Hall–Kier alpha value is -1.73. The van der Waals surface area contributed by atoms with Crippen LogP contribution < -0.4 is 0 Å². The van der Waals surface area contributed by atoms with Gasteiger partial charge in [-0.1, -0.05) is 0 Å². The average molecular weight is 309 g/mol. The highest BCUT2D eigenvalue weighted by molar-refractivity contribution is 5.96. The highest BCUT2D eigenvalue weighted by Gasteiger charge is 2.24. The van der Waals surface area contributed by atoms with Crippen LogP contribution in [0.5, 0.6) is 0 Å². The Morgan fingerprint density at radius 2 is 2.14 bits per heavy atom. The molecule has 1 aliphatic heterocycles. The number of hydrogen-bond acceptors (Lipinski definition) is 5. The SMILES string of the molecule is CC(=O)c1c(C)nn(CC(=O)N2CCOCC(CO)C2)c1C. The molecule has 0 bridgehead atoms. The maximum atomic E-state index is 12.5. The largest absolute Gasteiger partial charge is 0.396 e. The van der Waals surface area contributed by atoms with Crippen molar-refractivity contribution in [3.63, 3.8) is 0 Å². The number of Topliss-reactive ketones (excluding diaryl/α,β-unsaturated/α-hetero) is 1. The van der Waals surface area contributed by atoms with Gasteiger partial charge in [-0.3, -0.25) is 14.3 Å². The Bertz CT molecular complexity index is 567. The van der Waals surface area contributed by atoms with Gasteiger partial charge in [-0.05, 0) is 20.8 Å². The number of carbonyl (C=O) groups excluding carboxylic acids is 2. The Labute approximate surface area is 129 Å². The number of aliphatic hydroxyl groups excluding tert-OH is 1. The number of ketones is 1. The zero-order chi connectivity index (χ0) is 16.3. The van der Waals surface area contributed by atoms with Crippen molar-refractivity contribution in [1.82, 2.24) is 14.7 Å². The summed E-state index contributed by atoms with van der Waals surface area (Å²) in [4.78, 5) is 25.8. The van der Waals surface area contributed by atoms with Crippen molar-refractivity contribution < 1.29 is 19.4 Å². The van der Waals surface area contributed by atoms with Gasteiger partial charge in [0.15, 0.2) is 5.78 Å². The number of aliphatic hydroxyl groups is 1. The van der Waals surface area contributed by atoms with Crippen LogP contribution in [-0.4, -0.2) is 64.4 Å². The van der Waals surface area contributed by atoms with Crippen LogP contribution in [-0.2, 0) is 16.1 Å². The lowest BCUT2D eigenvalue weighted by molar-refractivity contribution is -0.132. The van der Waals surface area contributed by atoms with Gasteiger partial charge in [-0.2, -0.15) is 5.10 Å². The number of rotatable bonds is 4. The van der Waals surface area contributed by atoms with Gasteiger partial charge in [-0.15, -0.1) is 0 Å². The molecule has 1 N–H and O–H groups in total. The minimum Gasteiger partial charge on any atom is -0.396 e. The molecule has 1 aromatic rings. The lowest BCUT2D eigenvalue weighted by Gasteiger charge is -2.22. The van der Waals surface area contributed by atoms with E-state index in [1.54, 1.807) is 23.4 Å². The van der Waals surface area contributed by atoms with Crippen molar-refractivity contribution in [2.45, 2.75) is 27.3 Å². The van der Waals surface area contributed by atoms with Gasteiger partial charge in [0.25, 0.3) is 0 Å². The van der Waals surface area contributed by atoms with Crippen LogP contribution in [0.2, 0.25) is 0 Å². The van der Waals surface area contributed by atoms with E-state index in [2.05, 4.69) is 5.10 Å². The lowest BCUT2D eigenvalue weighted by Crippen LogP contribution is -2.39. The summed E-state index contributed by atoms with van der Waals surface area (Å²) in [7, 11) is 0. The fourth-order valence-electron chi connectivity index (χ4n) is 2.81. The smallest absolute Gasteiger partial charge is 0.244 e. The summed E-state index contributed by atoms with van der Waals surface area (Å²) in [6, 6.07) is 0. The third kappa shape index (κ3) is 3.53. The van der Waals surface area contributed by atoms with Gasteiger partial charge in [-0.25, -0.2) is 0 Å². The van der Waals surface area contributed by atoms with Crippen molar-refractivity contribution in [2.24, 2.45) is 5.92 Å². The van der Waals surface area contributed by atoms with Crippen LogP contribution in [0.1, 0.15) is 28.7 Å². The lowest BCUT2D eigenvalue weighted by atomic mass is 10.1. The molecule has 2 heterocycles. The fourth-order valence-corrected chi connectivity index (χ4v) is 2.81. The van der Waals surface area contributed by atoms with E-state index in [-0.39, 0.29) is 30.8 Å². The van der Waals surface area contributed by atoms with Gasteiger partial charge in [0.05, 0.1) is 24.5 Å². The summed E-state index contributed by atoms with van der Waals surface area (Å²) in [6.45, 7) is 7.09. The van der Waals surface area contributed by atoms with Gasteiger partial charge in [0.2, 0.25) is 5.91 Å². The number of nitrogens with zero attached hydrogens (tertiary/aromatic N) is 3. The monoisotopic (exact) mass is 309 g/mol. The quantitative estimate of drug-likeness (QED) is 0.802. The van der Waals surface area contributed by atoms with E-state index in [0.717, 1.165) is 0 Å². The molecule has 7 nitrogen and oxygen atoms in total. The van der Waals surface area contributed by atoms with E-state index in [0.29, 0.717) is 43.3 Å². The highest BCUT2D eigenvalue weighted by atomic mass is 16.5. The van der Waals surface area contributed by atoms with E-state index in [9.17, 15) is 14.7 Å². The molecule has 0 radical (unpaired) electrons. The molecule has 1 amide bonds. The van der Waals surface area contributed by atoms with Crippen LogP contribution in [0.25, 0.3) is 0 Å². The maximum absolute atomic E-state index is 12.5. The first-order valence-corrected chi connectivity index (χ1v) is 7.45. The second-order valence-electron chi connectivity index (χ2n) is 5.72. The van der Waals surface area contributed by atoms with E-state index in [4.69, 9.17) is 4.74 Å². The molecule has 0 saturated carbocycles. The fraction of sp³-hybridized carbons (Fsp3) is 0.667. The molecule has 7 heteroatoms. The molecule has 122 valence electrons. The zero-order valence-electron chi connectivity index (χ0n) is 13.3. The highest BCUT2D eigenvalue weighted by Crippen LogP contribution is 2.14.